The molecule has 0 bridgehead atoms. The van der Waals surface area contributed by atoms with Gasteiger partial charge in [-0.05, 0) is 30.5 Å². The molecule has 1 aromatic heterocycles. The normalized spacial score (nSPS) is 14.8. The first-order chi connectivity index (χ1) is 10.4. The van der Waals surface area contributed by atoms with E-state index in [1.807, 2.05) is 0 Å². The molecule has 2 aromatic rings. The summed E-state index contributed by atoms with van der Waals surface area (Å²) >= 11 is 1.42. The number of primary sulfonamides is 1. The van der Waals surface area contributed by atoms with Crippen molar-refractivity contribution < 1.29 is 13.2 Å². The molecule has 1 fully saturated rings. The molecule has 0 radical (unpaired) electrons. The van der Waals surface area contributed by atoms with Crippen LogP contribution in [0, 0.1) is 5.92 Å². The maximum absolute atomic E-state index is 11.7. The zero-order chi connectivity index (χ0) is 15.7. The fourth-order valence-electron chi connectivity index (χ4n) is 2.00. The molecule has 3 N–H and O–H groups in total. The fourth-order valence-corrected chi connectivity index (χ4v) is 3.36. The van der Waals surface area contributed by atoms with Crippen LogP contribution in [0.5, 0.6) is 0 Å². The van der Waals surface area contributed by atoms with Crippen molar-refractivity contribution in [2.75, 3.05) is 5.32 Å². The average Bonchev–Trinajstić information content (AvgIpc) is 3.22. The molecule has 1 saturated carbocycles. The molecule has 1 amide bonds. The second kappa shape index (κ2) is 5.79. The number of amides is 1. The van der Waals surface area contributed by atoms with Gasteiger partial charge >= 0.3 is 0 Å². The smallest absolute Gasteiger partial charge is 0.238 e. The number of hydrogen-bond acceptors (Lipinski definition) is 5. The number of anilines is 1. The molecule has 22 heavy (non-hydrogen) atoms. The number of benzene rings is 1. The third kappa shape index (κ3) is 3.70. The van der Waals surface area contributed by atoms with Crippen molar-refractivity contribution in [2.45, 2.75) is 24.2 Å². The van der Waals surface area contributed by atoms with E-state index in [-0.39, 0.29) is 16.7 Å². The van der Waals surface area contributed by atoms with Gasteiger partial charge in [0, 0.05) is 23.4 Å². The van der Waals surface area contributed by atoms with Crippen LogP contribution in [-0.4, -0.2) is 19.3 Å². The Morgan fingerprint density at radius 2 is 2.00 bits per heavy atom. The lowest BCUT2D eigenvalue weighted by Crippen LogP contribution is -2.12. The number of rotatable bonds is 5. The van der Waals surface area contributed by atoms with Gasteiger partial charge in [-0.25, -0.2) is 18.5 Å². The van der Waals surface area contributed by atoms with Crippen LogP contribution in [0.2, 0.25) is 0 Å². The highest BCUT2D eigenvalue weighted by Crippen LogP contribution is 2.31. The van der Waals surface area contributed by atoms with Gasteiger partial charge in [0.05, 0.1) is 4.90 Å². The quantitative estimate of drug-likeness (QED) is 0.867. The van der Waals surface area contributed by atoms with E-state index in [9.17, 15) is 13.2 Å². The summed E-state index contributed by atoms with van der Waals surface area (Å²) in [5.41, 5.74) is 0.955. The molecule has 1 aromatic carbocycles. The monoisotopic (exact) mass is 337 g/mol. The summed E-state index contributed by atoms with van der Waals surface area (Å²) < 4.78 is 22.4. The van der Waals surface area contributed by atoms with E-state index in [1.165, 1.54) is 23.5 Å². The molecule has 0 unspecified atom stereocenters. The van der Waals surface area contributed by atoms with Crippen molar-refractivity contribution in [1.29, 1.82) is 0 Å². The van der Waals surface area contributed by atoms with Gasteiger partial charge in [0.2, 0.25) is 15.9 Å². The van der Waals surface area contributed by atoms with Gasteiger partial charge in [-0.2, -0.15) is 0 Å². The molecular weight excluding hydrogens is 322 g/mol. The topological polar surface area (TPSA) is 102 Å². The highest BCUT2D eigenvalue weighted by Gasteiger charge is 2.30. The summed E-state index contributed by atoms with van der Waals surface area (Å²) in [6.45, 7) is 0. The van der Waals surface area contributed by atoms with Gasteiger partial charge < -0.3 is 5.32 Å². The van der Waals surface area contributed by atoms with Crippen molar-refractivity contribution in [1.82, 2.24) is 4.98 Å². The Balaban J connectivity index is 1.65. The summed E-state index contributed by atoms with van der Waals surface area (Å²) in [6, 6.07) is 6.42. The van der Waals surface area contributed by atoms with Crippen LogP contribution in [0.15, 0.2) is 35.4 Å². The minimum atomic E-state index is -3.66. The van der Waals surface area contributed by atoms with Crippen LogP contribution in [-0.2, 0) is 21.2 Å². The lowest BCUT2D eigenvalue weighted by atomic mass is 10.1. The van der Waals surface area contributed by atoms with Crippen LogP contribution >= 0.6 is 11.3 Å². The Labute approximate surface area is 132 Å². The molecule has 1 heterocycles. The molecule has 0 aliphatic heterocycles. The van der Waals surface area contributed by atoms with E-state index in [2.05, 4.69) is 10.3 Å². The number of sulfonamides is 1. The first kappa shape index (κ1) is 15.1. The van der Waals surface area contributed by atoms with Gasteiger partial charge in [0.25, 0.3) is 0 Å². The molecule has 1 aliphatic rings. The van der Waals surface area contributed by atoms with Gasteiger partial charge in [-0.1, -0.05) is 12.1 Å². The minimum Gasteiger partial charge on any atom is -0.302 e. The highest BCUT2D eigenvalue weighted by atomic mass is 32.2. The molecule has 1 aliphatic carbocycles. The third-order valence-electron chi connectivity index (χ3n) is 3.36. The second-order valence-corrected chi connectivity index (χ2v) is 7.94. The number of aromatic nitrogens is 1. The van der Waals surface area contributed by atoms with Gasteiger partial charge in [0.15, 0.2) is 5.13 Å². The van der Waals surface area contributed by atoms with Crippen molar-refractivity contribution in [2.24, 2.45) is 11.1 Å². The Bertz CT molecular complexity index is 793. The molecule has 8 heteroatoms. The number of nitrogens with zero attached hydrogens (tertiary/aromatic N) is 1. The predicted octanol–water partition coefficient (Wildman–Crippen LogP) is 1.73. The molecule has 3 rings (SSSR count). The fraction of sp³-hybridized carbons (Fsp3) is 0.286. The van der Waals surface area contributed by atoms with E-state index >= 15 is 0 Å². The van der Waals surface area contributed by atoms with Gasteiger partial charge in [-0.3, -0.25) is 4.79 Å². The lowest BCUT2D eigenvalue weighted by Gasteiger charge is -2.01. The summed E-state index contributed by atoms with van der Waals surface area (Å²) in [5, 5.41) is 8.48. The maximum atomic E-state index is 11.7. The first-order valence-corrected chi connectivity index (χ1v) is 9.15. The van der Waals surface area contributed by atoms with Crippen LogP contribution in [0.4, 0.5) is 5.13 Å². The predicted molar refractivity (Wildman–Crippen MR) is 84.1 cm³/mol. The van der Waals surface area contributed by atoms with Crippen LogP contribution in [0.25, 0.3) is 0 Å². The standard InChI is InChI=1S/C14H15N3O3S2/c15-22(19,20)12-5-1-9(2-6-12)7-11-8-16-14(21-11)17-13(18)10-3-4-10/h1-2,5-6,8,10H,3-4,7H2,(H2,15,19,20)(H,16,17,18). The van der Waals surface area contributed by atoms with E-state index in [4.69, 9.17) is 5.14 Å². The number of hydrogen-bond donors (Lipinski definition) is 2. The van der Waals surface area contributed by atoms with Crippen LogP contribution < -0.4 is 10.5 Å². The molecule has 6 nitrogen and oxygen atoms in total. The first-order valence-electron chi connectivity index (χ1n) is 6.79. The SMILES string of the molecule is NS(=O)(=O)c1ccc(Cc2cnc(NC(=O)C3CC3)s2)cc1. The summed E-state index contributed by atoms with van der Waals surface area (Å²) in [7, 11) is -3.66. The Kier molecular flexibility index (Phi) is 3.98. The largest absolute Gasteiger partial charge is 0.302 e. The van der Waals surface area contributed by atoms with Crippen molar-refractivity contribution in [3.05, 3.63) is 40.9 Å². The van der Waals surface area contributed by atoms with Crippen LogP contribution in [0.3, 0.4) is 0 Å². The number of thiazole rings is 1. The molecule has 0 atom stereocenters. The average molecular weight is 337 g/mol. The second-order valence-electron chi connectivity index (χ2n) is 5.26. The molecular formula is C14H15N3O3S2. The number of carbonyl (C=O) groups excluding carboxylic acids is 1. The van der Waals surface area contributed by atoms with Crippen molar-refractivity contribution in [3.8, 4) is 0 Å². The van der Waals surface area contributed by atoms with Crippen molar-refractivity contribution >= 4 is 32.4 Å². The molecule has 0 saturated heterocycles. The highest BCUT2D eigenvalue weighted by molar-refractivity contribution is 7.89. The number of nitrogens with one attached hydrogen (secondary N) is 1. The van der Waals surface area contributed by atoms with Crippen molar-refractivity contribution in [3.63, 3.8) is 0 Å². The number of nitrogens with two attached hydrogens (primary N) is 1. The maximum Gasteiger partial charge on any atom is 0.238 e. The van der Waals surface area contributed by atoms with E-state index in [0.717, 1.165) is 23.3 Å². The number of carbonyl (C=O) groups is 1. The van der Waals surface area contributed by atoms with Crippen LogP contribution in [0.1, 0.15) is 23.3 Å². The zero-order valence-electron chi connectivity index (χ0n) is 11.7. The minimum absolute atomic E-state index is 0.0402. The van der Waals surface area contributed by atoms with E-state index < -0.39 is 10.0 Å². The van der Waals surface area contributed by atoms with E-state index in [1.54, 1.807) is 18.3 Å². The zero-order valence-corrected chi connectivity index (χ0v) is 13.3. The summed E-state index contributed by atoms with van der Waals surface area (Å²) in [5.74, 6) is 0.191. The third-order valence-corrected chi connectivity index (χ3v) is 5.20. The Morgan fingerprint density at radius 3 is 2.59 bits per heavy atom. The molecule has 116 valence electrons. The molecule has 0 spiro atoms. The summed E-state index contributed by atoms with van der Waals surface area (Å²) in [6.07, 6.45) is 4.27. The lowest BCUT2D eigenvalue weighted by molar-refractivity contribution is -0.117. The van der Waals surface area contributed by atoms with Gasteiger partial charge in [0.1, 0.15) is 0 Å². The van der Waals surface area contributed by atoms with E-state index in [0.29, 0.717) is 11.6 Å². The Hall–Kier alpha value is -1.77. The van der Waals surface area contributed by atoms with Gasteiger partial charge in [-0.15, -0.1) is 11.3 Å². The Morgan fingerprint density at radius 1 is 1.32 bits per heavy atom. The summed E-state index contributed by atoms with van der Waals surface area (Å²) in [4.78, 5) is 16.9.